The van der Waals surface area contributed by atoms with Gasteiger partial charge in [0.1, 0.15) is 19.0 Å². The Morgan fingerprint density at radius 2 is 1.87 bits per heavy atom. The van der Waals surface area contributed by atoms with Gasteiger partial charge in [0.2, 0.25) is 0 Å². The van der Waals surface area contributed by atoms with Crippen molar-refractivity contribution in [1.82, 2.24) is 5.32 Å². The maximum Gasteiger partial charge on any atom is 0.161 e. The Morgan fingerprint density at radius 1 is 1.00 bits per heavy atom. The van der Waals surface area contributed by atoms with Crippen LogP contribution in [-0.4, -0.2) is 26.4 Å². The number of fused-ring (bicyclic) bond motifs is 1. The Balaban J connectivity index is 1.47. The van der Waals surface area contributed by atoms with Crippen molar-refractivity contribution >= 4 is 0 Å². The first-order valence-corrected chi connectivity index (χ1v) is 8.16. The van der Waals surface area contributed by atoms with E-state index in [1.165, 1.54) is 11.1 Å². The Labute approximate surface area is 137 Å². The van der Waals surface area contributed by atoms with E-state index >= 15 is 0 Å². The van der Waals surface area contributed by atoms with E-state index in [1.54, 1.807) is 0 Å². The van der Waals surface area contributed by atoms with E-state index in [0.717, 1.165) is 36.8 Å². The lowest BCUT2D eigenvalue weighted by atomic mass is 10.1. The van der Waals surface area contributed by atoms with Gasteiger partial charge in [-0.1, -0.05) is 18.2 Å². The second kappa shape index (κ2) is 7.88. The van der Waals surface area contributed by atoms with E-state index in [1.807, 2.05) is 25.1 Å². The van der Waals surface area contributed by atoms with Crippen LogP contribution in [0.5, 0.6) is 17.2 Å². The van der Waals surface area contributed by atoms with Crippen molar-refractivity contribution in [3.05, 3.63) is 53.6 Å². The van der Waals surface area contributed by atoms with E-state index in [-0.39, 0.29) is 0 Å². The van der Waals surface area contributed by atoms with Crippen LogP contribution in [0.25, 0.3) is 0 Å². The molecule has 0 aliphatic carbocycles. The van der Waals surface area contributed by atoms with Crippen LogP contribution in [0.3, 0.4) is 0 Å². The second-order valence-corrected chi connectivity index (χ2v) is 5.49. The van der Waals surface area contributed by atoms with Gasteiger partial charge in [0.05, 0.1) is 6.61 Å². The Kier molecular flexibility index (Phi) is 5.37. The summed E-state index contributed by atoms with van der Waals surface area (Å²) < 4.78 is 16.7. The summed E-state index contributed by atoms with van der Waals surface area (Å²) in [5.41, 5.74) is 2.49. The summed E-state index contributed by atoms with van der Waals surface area (Å²) in [5.74, 6) is 2.64. The highest BCUT2D eigenvalue weighted by molar-refractivity contribution is 5.43. The summed E-state index contributed by atoms with van der Waals surface area (Å²) in [4.78, 5) is 0. The first kappa shape index (κ1) is 15.7. The zero-order valence-corrected chi connectivity index (χ0v) is 13.5. The van der Waals surface area contributed by atoms with Crippen LogP contribution in [0.4, 0.5) is 0 Å². The van der Waals surface area contributed by atoms with Gasteiger partial charge in [-0.3, -0.25) is 0 Å². The molecule has 0 amide bonds. The van der Waals surface area contributed by atoms with Crippen molar-refractivity contribution in [3.8, 4) is 17.2 Å². The molecule has 2 aromatic rings. The predicted octanol–water partition coefficient (Wildman–Crippen LogP) is 3.19. The molecule has 4 nitrogen and oxygen atoms in total. The third-order valence-electron chi connectivity index (χ3n) is 3.74. The van der Waals surface area contributed by atoms with Gasteiger partial charge in [0.25, 0.3) is 0 Å². The first-order valence-electron chi connectivity index (χ1n) is 8.16. The normalized spacial score (nSPS) is 12.9. The first-order chi connectivity index (χ1) is 11.3. The van der Waals surface area contributed by atoms with E-state index in [0.29, 0.717) is 19.8 Å². The maximum absolute atomic E-state index is 5.62. The third kappa shape index (κ3) is 4.39. The molecule has 0 fully saturated rings. The van der Waals surface area contributed by atoms with Crippen molar-refractivity contribution in [2.45, 2.75) is 19.9 Å². The lowest BCUT2D eigenvalue weighted by Gasteiger charge is -2.18. The topological polar surface area (TPSA) is 39.7 Å². The fraction of sp³-hybridized carbons (Fsp3) is 0.368. The molecular formula is C19H23NO3. The number of rotatable bonds is 7. The molecule has 0 saturated carbocycles. The van der Waals surface area contributed by atoms with Crippen LogP contribution in [0, 0.1) is 0 Å². The van der Waals surface area contributed by atoms with Gasteiger partial charge < -0.3 is 19.5 Å². The Morgan fingerprint density at radius 3 is 2.74 bits per heavy atom. The van der Waals surface area contributed by atoms with Gasteiger partial charge in [0, 0.05) is 6.54 Å². The van der Waals surface area contributed by atoms with Crippen molar-refractivity contribution in [2.75, 3.05) is 26.4 Å². The van der Waals surface area contributed by atoms with Crippen LogP contribution < -0.4 is 19.5 Å². The van der Waals surface area contributed by atoms with Crippen molar-refractivity contribution < 1.29 is 14.2 Å². The van der Waals surface area contributed by atoms with Crippen LogP contribution in [0.1, 0.15) is 18.1 Å². The van der Waals surface area contributed by atoms with Crippen LogP contribution >= 0.6 is 0 Å². The molecule has 3 rings (SSSR count). The summed E-state index contributed by atoms with van der Waals surface area (Å²) >= 11 is 0. The molecule has 0 bridgehead atoms. The van der Waals surface area contributed by atoms with E-state index in [4.69, 9.17) is 14.2 Å². The number of hydrogen-bond donors (Lipinski definition) is 1. The van der Waals surface area contributed by atoms with Gasteiger partial charge >= 0.3 is 0 Å². The fourth-order valence-electron chi connectivity index (χ4n) is 2.62. The van der Waals surface area contributed by atoms with Crippen LogP contribution in [-0.2, 0) is 13.0 Å². The standard InChI is InChI=1S/C19H23NO3/c1-2-21-17-5-3-4-16(12-17)14-20-9-8-15-6-7-18-19(13-15)23-11-10-22-18/h3-7,12-13,20H,2,8-11,14H2,1H3. The van der Waals surface area contributed by atoms with E-state index in [9.17, 15) is 0 Å². The zero-order valence-electron chi connectivity index (χ0n) is 13.5. The number of ether oxygens (including phenoxy) is 3. The molecule has 23 heavy (non-hydrogen) atoms. The summed E-state index contributed by atoms with van der Waals surface area (Å²) in [6.45, 7) is 5.71. The largest absolute Gasteiger partial charge is 0.494 e. The van der Waals surface area contributed by atoms with Gasteiger partial charge in [-0.25, -0.2) is 0 Å². The van der Waals surface area contributed by atoms with Crippen LogP contribution in [0.2, 0.25) is 0 Å². The molecule has 2 aromatic carbocycles. The highest BCUT2D eigenvalue weighted by Gasteiger charge is 2.11. The summed E-state index contributed by atoms with van der Waals surface area (Å²) in [6.07, 6.45) is 0.960. The Hall–Kier alpha value is -2.20. The molecule has 1 N–H and O–H groups in total. The number of benzene rings is 2. The quantitative estimate of drug-likeness (QED) is 0.797. The molecular weight excluding hydrogens is 290 g/mol. The summed E-state index contributed by atoms with van der Waals surface area (Å²) in [5, 5.41) is 3.47. The molecule has 0 atom stereocenters. The molecule has 0 aromatic heterocycles. The molecule has 1 heterocycles. The second-order valence-electron chi connectivity index (χ2n) is 5.49. The molecule has 1 aliphatic rings. The van der Waals surface area contributed by atoms with E-state index < -0.39 is 0 Å². The van der Waals surface area contributed by atoms with E-state index in [2.05, 4.69) is 29.6 Å². The molecule has 0 saturated heterocycles. The molecule has 122 valence electrons. The highest BCUT2D eigenvalue weighted by atomic mass is 16.6. The molecule has 1 aliphatic heterocycles. The van der Waals surface area contributed by atoms with Crippen molar-refractivity contribution in [2.24, 2.45) is 0 Å². The van der Waals surface area contributed by atoms with Crippen molar-refractivity contribution in [1.29, 1.82) is 0 Å². The molecule has 0 radical (unpaired) electrons. The Bertz CT molecular complexity index is 642. The van der Waals surface area contributed by atoms with Crippen LogP contribution in [0.15, 0.2) is 42.5 Å². The minimum atomic E-state index is 0.630. The minimum Gasteiger partial charge on any atom is -0.494 e. The average Bonchev–Trinajstić information content (AvgIpc) is 2.59. The van der Waals surface area contributed by atoms with Gasteiger partial charge in [-0.15, -0.1) is 0 Å². The molecule has 0 unspecified atom stereocenters. The fourth-order valence-corrected chi connectivity index (χ4v) is 2.62. The maximum atomic E-state index is 5.62. The van der Waals surface area contributed by atoms with Gasteiger partial charge in [-0.2, -0.15) is 0 Å². The van der Waals surface area contributed by atoms with Crippen molar-refractivity contribution in [3.63, 3.8) is 0 Å². The predicted molar refractivity (Wildman–Crippen MR) is 90.5 cm³/mol. The van der Waals surface area contributed by atoms with Gasteiger partial charge in [0.15, 0.2) is 11.5 Å². The monoisotopic (exact) mass is 313 g/mol. The minimum absolute atomic E-state index is 0.630. The highest BCUT2D eigenvalue weighted by Crippen LogP contribution is 2.30. The molecule has 0 spiro atoms. The third-order valence-corrected chi connectivity index (χ3v) is 3.74. The smallest absolute Gasteiger partial charge is 0.161 e. The summed E-state index contributed by atoms with van der Waals surface area (Å²) in [7, 11) is 0. The SMILES string of the molecule is CCOc1cccc(CNCCc2ccc3c(c2)OCCO3)c1. The lowest BCUT2D eigenvalue weighted by Crippen LogP contribution is -2.18. The average molecular weight is 313 g/mol. The number of hydrogen-bond acceptors (Lipinski definition) is 4. The molecule has 4 heteroatoms. The van der Waals surface area contributed by atoms with Gasteiger partial charge in [-0.05, 0) is 55.3 Å². The number of nitrogens with one attached hydrogen (secondary N) is 1. The zero-order chi connectivity index (χ0) is 15.9. The lowest BCUT2D eigenvalue weighted by molar-refractivity contribution is 0.171. The summed E-state index contributed by atoms with van der Waals surface area (Å²) in [6, 6.07) is 14.4.